The van der Waals surface area contributed by atoms with Crippen LogP contribution in [0.15, 0.2) is 36.4 Å². The van der Waals surface area contributed by atoms with E-state index in [1.54, 1.807) is 0 Å². The number of nitrogens with one attached hydrogen (secondary N) is 2. The molecule has 3 aromatic rings. The summed E-state index contributed by atoms with van der Waals surface area (Å²) in [7, 11) is 0. The lowest BCUT2D eigenvalue weighted by molar-refractivity contribution is -0.274. The average Bonchev–Trinajstić information content (AvgIpc) is 3.05. The van der Waals surface area contributed by atoms with Crippen molar-refractivity contribution >= 4 is 38.5 Å². The zero-order chi connectivity index (χ0) is 22.6. The molecule has 0 radical (unpaired) electrons. The van der Waals surface area contributed by atoms with Crippen LogP contribution in [0.2, 0.25) is 0 Å². The molecule has 2 amide bonds. The number of aromatic nitrogens is 1. The number of hydrogen-bond acceptors (Lipinski definition) is 5. The van der Waals surface area contributed by atoms with Crippen molar-refractivity contribution in [1.82, 2.24) is 10.3 Å². The van der Waals surface area contributed by atoms with Crippen LogP contribution >= 0.6 is 11.3 Å². The van der Waals surface area contributed by atoms with E-state index in [1.807, 2.05) is 0 Å². The SMILES string of the molecule is O=C(CCCNC(=O)c1ccc(F)cc1F)Nc1nc2ccc(OC(F)(F)F)cc2s1. The zero-order valence-corrected chi connectivity index (χ0v) is 16.4. The Labute approximate surface area is 176 Å². The number of fused-ring (bicyclic) bond motifs is 1. The topological polar surface area (TPSA) is 80.3 Å². The Morgan fingerprint density at radius 1 is 1.10 bits per heavy atom. The molecule has 0 saturated heterocycles. The molecule has 12 heteroatoms. The van der Waals surface area contributed by atoms with E-state index in [0.29, 0.717) is 16.3 Å². The number of ether oxygens (including phenoxy) is 1. The van der Waals surface area contributed by atoms with Gasteiger partial charge in [-0.05, 0) is 30.7 Å². The minimum Gasteiger partial charge on any atom is -0.406 e. The summed E-state index contributed by atoms with van der Waals surface area (Å²) in [6, 6.07) is 6.20. The van der Waals surface area contributed by atoms with Gasteiger partial charge >= 0.3 is 6.36 Å². The second-order valence-electron chi connectivity index (χ2n) is 6.23. The third-order valence-corrected chi connectivity index (χ3v) is 4.82. The summed E-state index contributed by atoms with van der Waals surface area (Å²) < 4.78 is 67.5. The van der Waals surface area contributed by atoms with Gasteiger partial charge in [0.15, 0.2) is 5.13 Å². The van der Waals surface area contributed by atoms with Gasteiger partial charge in [0.05, 0.1) is 15.8 Å². The third-order valence-electron chi connectivity index (χ3n) is 3.88. The summed E-state index contributed by atoms with van der Waals surface area (Å²) in [6.07, 6.45) is -4.58. The second-order valence-corrected chi connectivity index (χ2v) is 7.26. The van der Waals surface area contributed by atoms with Crippen LogP contribution in [0.5, 0.6) is 5.75 Å². The fourth-order valence-corrected chi connectivity index (χ4v) is 3.47. The summed E-state index contributed by atoms with van der Waals surface area (Å²) >= 11 is 0.977. The Bertz CT molecular complexity index is 1120. The Morgan fingerprint density at radius 3 is 2.58 bits per heavy atom. The molecule has 0 saturated carbocycles. The van der Waals surface area contributed by atoms with Gasteiger partial charge < -0.3 is 15.4 Å². The van der Waals surface area contributed by atoms with Crippen LogP contribution in [0.1, 0.15) is 23.2 Å². The van der Waals surface area contributed by atoms with E-state index in [9.17, 15) is 31.5 Å². The minimum absolute atomic E-state index is 0.00450. The first kappa shape index (κ1) is 22.4. The van der Waals surface area contributed by atoms with Gasteiger partial charge in [-0.25, -0.2) is 13.8 Å². The molecule has 0 aliphatic carbocycles. The van der Waals surface area contributed by atoms with Crippen molar-refractivity contribution in [3.63, 3.8) is 0 Å². The number of amides is 2. The van der Waals surface area contributed by atoms with Crippen molar-refractivity contribution in [2.45, 2.75) is 19.2 Å². The Hall–Kier alpha value is -3.28. The number of carbonyl (C=O) groups is 2. The fraction of sp³-hybridized carbons (Fsp3) is 0.211. The molecule has 6 nitrogen and oxygen atoms in total. The molecule has 0 bridgehead atoms. The number of carbonyl (C=O) groups excluding carboxylic acids is 2. The molecule has 31 heavy (non-hydrogen) atoms. The van der Waals surface area contributed by atoms with E-state index in [-0.39, 0.29) is 30.1 Å². The van der Waals surface area contributed by atoms with Gasteiger partial charge in [-0.3, -0.25) is 9.59 Å². The van der Waals surface area contributed by atoms with Gasteiger partial charge in [0.25, 0.3) is 5.91 Å². The summed E-state index contributed by atoms with van der Waals surface area (Å²) in [6.45, 7) is 0.0705. The summed E-state index contributed by atoms with van der Waals surface area (Å²) in [5, 5.41) is 5.15. The number of rotatable bonds is 7. The Kier molecular flexibility index (Phi) is 6.68. The molecule has 0 aliphatic heterocycles. The molecule has 0 fully saturated rings. The summed E-state index contributed by atoms with van der Waals surface area (Å²) in [5.41, 5.74) is 0.0811. The van der Waals surface area contributed by atoms with Crippen molar-refractivity contribution < 1.29 is 36.3 Å². The molecular weight excluding hydrogens is 445 g/mol. The number of alkyl halides is 3. The minimum atomic E-state index is -4.81. The molecule has 1 aromatic heterocycles. The molecule has 164 valence electrons. The molecule has 2 N–H and O–H groups in total. The van der Waals surface area contributed by atoms with Crippen LogP contribution in [-0.2, 0) is 4.79 Å². The highest BCUT2D eigenvalue weighted by Crippen LogP contribution is 2.31. The quantitative estimate of drug-likeness (QED) is 0.399. The highest BCUT2D eigenvalue weighted by Gasteiger charge is 2.31. The van der Waals surface area contributed by atoms with Crippen LogP contribution in [0.4, 0.5) is 27.1 Å². The highest BCUT2D eigenvalue weighted by atomic mass is 32.1. The van der Waals surface area contributed by atoms with E-state index in [1.165, 1.54) is 12.1 Å². The fourth-order valence-electron chi connectivity index (χ4n) is 2.56. The smallest absolute Gasteiger partial charge is 0.406 e. The van der Waals surface area contributed by atoms with Crippen molar-refractivity contribution in [2.75, 3.05) is 11.9 Å². The molecule has 0 unspecified atom stereocenters. The van der Waals surface area contributed by atoms with Crippen LogP contribution in [0, 0.1) is 11.6 Å². The predicted molar refractivity (Wildman–Crippen MR) is 103 cm³/mol. The number of hydrogen-bond donors (Lipinski definition) is 2. The lowest BCUT2D eigenvalue weighted by atomic mass is 10.2. The number of thiazole rings is 1. The van der Waals surface area contributed by atoms with Gasteiger partial charge in [-0.1, -0.05) is 11.3 Å². The van der Waals surface area contributed by atoms with Gasteiger partial charge in [-0.15, -0.1) is 13.2 Å². The number of nitrogens with zero attached hydrogens (tertiary/aromatic N) is 1. The Morgan fingerprint density at radius 2 is 1.87 bits per heavy atom. The van der Waals surface area contributed by atoms with E-state index < -0.39 is 35.6 Å². The lowest BCUT2D eigenvalue weighted by Crippen LogP contribution is -2.26. The maximum absolute atomic E-state index is 13.5. The molecule has 0 atom stereocenters. The Balaban J connectivity index is 1.48. The number of anilines is 1. The van der Waals surface area contributed by atoms with Crippen molar-refractivity contribution in [1.29, 1.82) is 0 Å². The first-order chi connectivity index (χ1) is 14.6. The van der Waals surface area contributed by atoms with Gasteiger partial charge in [0.2, 0.25) is 5.91 Å². The van der Waals surface area contributed by atoms with E-state index in [2.05, 4.69) is 20.4 Å². The van der Waals surface area contributed by atoms with E-state index in [0.717, 1.165) is 29.5 Å². The average molecular weight is 459 g/mol. The van der Waals surface area contributed by atoms with Crippen molar-refractivity contribution in [2.24, 2.45) is 0 Å². The van der Waals surface area contributed by atoms with Gasteiger partial charge in [0, 0.05) is 25.1 Å². The maximum Gasteiger partial charge on any atom is 0.573 e. The van der Waals surface area contributed by atoms with E-state index >= 15 is 0 Å². The molecule has 0 aliphatic rings. The predicted octanol–water partition coefficient (Wildman–Crippen LogP) is 4.62. The van der Waals surface area contributed by atoms with E-state index in [4.69, 9.17) is 0 Å². The van der Waals surface area contributed by atoms with Crippen molar-refractivity contribution in [3.05, 3.63) is 53.6 Å². The normalized spacial score (nSPS) is 11.4. The zero-order valence-electron chi connectivity index (χ0n) is 15.6. The second kappa shape index (κ2) is 9.25. The standard InChI is InChI=1S/C19H14F5N3O3S/c20-10-3-5-12(13(21)8-10)17(29)25-7-1-2-16(28)27-18-26-14-6-4-11(9-15(14)31-18)30-19(22,23)24/h3-6,8-9H,1-2,7H2,(H,25,29)(H,26,27,28). The highest BCUT2D eigenvalue weighted by molar-refractivity contribution is 7.22. The molecule has 0 spiro atoms. The van der Waals surface area contributed by atoms with Crippen LogP contribution in [-0.4, -0.2) is 29.7 Å². The van der Waals surface area contributed by atoms with Crippen molar-refractivity contribution in [3.8, 4) is 5.75 Å². The van der Waals surface area contributed by atoms with Crippen LogP contribution < -0.4 is 15.4 Å². The summed E-state index contributed by atoms with van der Waals surface area (Å²) in [4.78, 5) is 28.0. The number of benzene rings is 2. The first-order valence-electron chi connectivity index (χ1n) is 8.80. The first-order valence-corrected chi connectivity index (χ1v) is 9.62. The lowest BCUT2D eigenvalue weighted by Gasteiger charge is -2.07. The molecule has 3 rings (SSSR count). The maximum atomic E-state index is 13.5. The summed E-state index contributed by atoms with van der Waals surface area (Å²) in [5.74, 6) is -3.34. The van der Waals surface area contributed by atoms with Gasteiger partial charge in [-0.2, -0.15) is 0 Å². The van der Waals surface area contributed by atoms with Gasteiger partial charge in [0.1, 0.15) is 17.4 Å². The molecule has 1 heterocycles. The molecule has 2 aromatic carbocycles. The third kappa shape index (κ3) is 6.35. The number of halogens is 5. The largest absolute Gasteiger partial charge is 0.573 e. The van der Waals surface area contributed by atoms with Crippen LogP contribution in [0.25, 0.3) is 10.2 Å². The monoisotopic (exact) mass is 459 g/mol. The van der Waals surface area contributed by atoms with Crippen LogP contribution in [0.3, 0.4) is 0 Å². The molecular formula is C19H14F5N3O3S.